The molecular weight excluding hydrogens is 500 g/mol. The first kappa shape index (κ1) is 24.5. The van der Waals surface area contributed by atoms with E-state index in [-0.39, 0.29) is 23.9 Å². The zero-order valence-electron chi connectivity index (χ0n) is 21.1. The fourth-order valence-electron chi connectivity index (χ4n) is 5.87. The van der Waals surface area contributed by atoms with Crippen LogP contribution in [0.15, 0.2) is 43.2 Å². The maximum Gasteiger partial charge on any atom is 0.331 e. The van der Waals surface area contributed by atoms with E-state index in [0.717, 1.165) is 42.5 Å². The Balaban J connectivity index is 1.30. The van der Waals surface area contributed by atoms with Gasteiger partial charge in [-0.05, 0) is 50.0 Å². The lowest BCUT2D eigenvalue weighted by Gasteiger charge is -2.32. The van der Waals surface area contributed by atoms with Gasteiger partial charge < -0.3 is 15.5 Å². The standard InChI is InChI=1S/C28H30N6O3S/c1-2-22(35)33-14-6-9-18(16-33)31-26(36)25-24-23-21(11-13-30-27(23)38-25)34(28(37)32-24)19-10-12-29-20(15-19)17-7-4-3-5-8-17/h2,10-13,15,17-18H,1,3-9,14,16H2,(H,31,36)(H,32,37)/t18-/m1/s1. The smallest absolute Gasteiger partial charge is 0.331 e. The fraction of sp³-hybridized carbons (Fsp3) is 0.393. The zero-order chi connectivity index (χ0) is 26.2. The summed E-state index contributed by atoms with van der Waals surface area (Å²) < 4.78 is 0. The van der Waals surface area contributed by atoms with Gasteiger partial charge >= 0.3 is 6.03 Å². The highest BCUT2D eigenvalue weighted by molar-refractivity contribution is 7.21. The second-order valence-corrected chi connectivity index (χ2v) is 11.2. The number of pyridine rings is 2. The maximum atomic E-state index is 13.5. The predicted octanol–water partition coefficient (Wildman–Crippen LogP) is 5.33. The molecule has 0 radical (unpaired) electrons. The number of nitrogens with zero attached hydrogens (tertiary/aromatic N) is 4. The minimum absolute atomic E-state index is 0.134. The van der Waals surface area contributed by atoms with Crippen LogP contribution in [0.25, 0.3) is 10.2 Å². The summed E-state index contributed by atoms with van der Waals surface area (Å²) in [6.07, 6.45) is 12.3. The molecule has 3 aromatic rings. The van der Waals surface area contributed by atoms with Crippen molar-refractivity contribution in [3.05, 3.63) is 53.8 Å². The SMILES string of the molecule is C=CC(=O)N1CCC[C@@H](NC(=O)c2sc3nccc4c3c2NC(=O)N4c2ccnc(C3CCCCC3)c2)C1. The van der Waals surface area contributed by atoms with Gasteiger partial charge in [0.15, 0.2) is 0 Å². The van der Waals surface area contributed by atoms with Crippen molar-refractivity contribution in [3.8, 4) is 0 Å². The summed E-state index contributed by atoms with van der Waals surface area (Å²) in [4.78, 5) is 52.5. The topological polar surface area (TPSA) is 108 Å². The molecule has 4 amide bonds. The highest BCUT2D eigenvalue weighted by Crippen LogP contribution is 2.46. The molecular formula is C28H30N6O3S. The summed E-state index contributed by atoms with van der Waals surface area (Å²) in [5.74, 6) is 0.00691. The van der Waals surface area contributed by atoms with Crippen molar-refractivity contribution in [2.75, 3.05) is 23.3 Å². The van der Waals surface area contributed by atoms with Crippen molar-refractivity contribution in [1.82, 2.24) is 20.2 Å². The van der Waals surface area contributed by atoms with Gasteiger partial charge in [0.05, 0.1) is 22.4 Å². The van der Waals surface area contributed by atoms with Crippen LogP contribution < -0.4 is 15.5 Å². The number of likely N-dealkylation sites (tertiary alicyclic amines) is 1. The van der Waals surface area contributed by atoms with Crippen molar-refractivity contribution in [1.29, 1.82) is 0 Å². The van der Waals surface area contributed by atoms with E-state index in [4.69, 9.17) is 0 Å². The maximum absolute atomic E-state index is 13.5. The number of aromatic nitrogens is 2. The second-order valence-electron chi connectivity index (χ2n) is 10.2. The summed E-state index contributed by atoms with van der Waals surface area (Å²) in [7, 11) is 0. The molecule has 38 heavy (non-hydrogen) atoms. The van der Waals surface area contributed by atoms with E-state index in [1.165, 1.54) is 36.7 Å². The number of piperidine rings is 1. The van der Waals surface area contributed by atoms with Gasteiger partial charge in [-0.25, -0.2) is 9.78 Å². The van der Waals surface area contributed by atoms with Crippen LogP contribution >= 0.6 is 11.3 Å². The molecule has 1 aliphatic carbocycles. The minimum atomic E-state index is -0.321. The van der Waals surface area contributed by atoms with Crippen LogP contribution in [0.4, 0.5) is 21.9 Å². The number of rotatable bonds is 5. The summed E-state index contributed by atoms with van der Waals surface area (Å²) in [5, 5.41) is 6.80. The lowest BCUT2D eigenvalue weighted by Crippen LogP contribution is -2.49. The molecule has 0 unspecified atom stereocenters. The quantitative estimate of drug-likeness (QED) is 0.434. The van der Waals surface area contributed by atoms with E-state index < -0.39 is 0 Å². The molecule has 2 N–H and O–H groups in total. The second kappa shape index (κ2) is 10.2. The lowest BCUT2D eigenvalue weighted by atomic mass is 9.86. The van der Waals surface area contributed by atoms with Crippen LogP contribution in [0.1, 0.15) is 66.2 Å². The third-order valence-corrected chi connectivity index (χ3v) is 8.84. The van der Waals surface area contributed by atoms with Gasteiger partial charge in [0.25, 0.3) is 5.91 Å². The zero-order valence-corrected chi connectivity index (χ0v) is 21.9. The fourth-order valence-corrected chi connectivity index (χ4v) is 6.90. The van der Waals surface area contributed by atoms with Crippen LogP contribution in [-0.2, 0) is 4.79 Å². The molecule has 9 nitrogen and oxygen atoms in total. The van der Waals surface area contributed by atoms with Crippen LogP contribution in [0.2, 0.25) is 0 Å². The van der Waals surface area contributed by atoms with Crippen LogP contribution in [-0.4, -0.2) is 51.8 Å². The number of anilines is 3. The van der Waals surface area contributed by atoms with E-state index >= 15 is 0 Å². The van der Waals surface area contributed by atoms with Gasteiger partial charge in [-0.2, -0.15) is 0 Å². The molecule has 0 bridgehead atoms. The summed E-state index contributed by atoms with van der Waals surface area (Å²) in [5.41, 5.74) is 2.96. The van der Waals surface area contributed by atoms with Crippen molar-refractivity contribution in [3.63, 3.8) is 0 Å². The number of carbonyl (C=O) groups excluding carboxylic acids is 3. The van der Waals surface area contributed by atoms with E-state index in [2.05, 4.69) is 27.2 Å². The normalized spacial score (nSPS) is 19.8. The Morgan fingerprint density at radius 1 is 1.11 bits per heavy atom. The first-order valence-electron chi connectivity index (χ1n) is 13.2. The predicted molar refractivity (Wildman–Crippen MR) is 148 cm³/mol. The van der Waals surface area contributed by atoms with Gasteiger partial charge in [0, 0.05) is 43.1 Å². The average Bonchev–Trinajstić information content (AvgIpc) is 3.33. The molecule has 2 fully saturated rings. The molecule has 3 aromatic heterocycles. The van der Waals surface area contributed by atoms with Gasteiger partial charge in [-0.1, -0.05) is 25.8 Å². The summed E-state index contributed by atoms with van der Waals surface area (Å²) in [6.45, 7) is 4.65. The van der Waals surface area contributed by atoms with Gasteiger partial charge in [0.1, 0.15) is 9.71 Å². The molecule has 5 heterocycles. The van der Waals surface area contributed by atoms with Crippen molar-refractivity contribution in [2.24, 2.45) is 0 Å². The highest BCUT2D eigenvalue weighted by Gasteiger charge is 2.34. The summed E-state index contributed by atoms with van der Waals surface area (Å²) in [6, 6.07) is 5.20. The first-order valence-corrected chi connectivity index (χ1v) is 14.1. The lowest BCUT2D eigenvalue weighted by molar-refractivity contribution is -0.127. The number of hydrogen-bond donors (Lipinski definition) is 2. The van der Waals surface area contributed by atoms with Gasteiger partial charge in [0.2, 0.25) is 5.91 Å². The molecule has 1 saturated carbocycles. The van der Waals surface area contributed by atoms with Gasteiger partial charge in [-0.3, -0.25) is 19.5 Å². The van der Waals surface area contributed by atoms with Gasteiger partial charge in [-0.15, -0.1) is 11.3 Å². The Bertz CT molecular complexity index is 1430. The molecule has 1 atom stereocenters. The third-order valence-electron chi connectivity index (χ3n) is 7.74. The molecule has 196 valence electrons. The Morgan fingerprint density at radius 2 is 1.92 bits per heavy atom. The molecule has 10 heteroatoms. The Hall–Kier alpha value is -3.79. The molecule has 0 spiro atoms. The van der Waals surface area contributed by atoms with E-state index in [1.54, 1.807) is 22.2 Å². The van der Waals surface area contributed by atoms with Crippen molar-refractivity contribution in [2.45, 2.75) is 56.9 Å². The van der Waals surface area contributed by atoms with E-state index in [0.29, 0.717) is 40.1 Å². The van der Waals surface area contributed by atoms with Crippen molar-refractivity contribution < 1.29 is 14.4 Å². The summed E-state index contributed by atoms with van der Waals surface area (Å²) >= 11 is 1.26. The Morgan fingerprint density at radius 3 is 2.74 bits per heavy atom. The van der Waals surface area contributed by atoms with Crippen LogP contribution in [0.5, 0.6) is 0 Å². The molecule has 1 saturated heterocycles. The monoisotopic (exact) mass is 530 g/mol. The van der Waals surface area contributed by atoms with E-state index in [1.807, 2.05) is 18.2 Å². The Labute approximate surface area is 224 Å². The van der Waals surface area contributed by atoms with E-state index in [9.17, 15) is 14.4 Å². The van der Waals surface area contributed by atoms with Crippen LogP contribution in [0, 0.1) is 0 Å². The molecule has 2 aliphatic heterocycles. The number of carbonyl (C=O) groups is 3. The molecule has 6 rings (SSSR count). The largest absolute Gasteiger partial charge is 0.347 e. The number of hydrogen-bond acceptors (Lipinski definition) is 6. The van der Waals surface area contributed by atoms with Crippen LogP contribution in [0.3, 0.4) is 0 Å². The number of nitrogens with one attached hydrogen (secondary N) is 2. The average molecular weight is 531 g/mol. The highest BCUT2D eigenvalue weighted by atomic mass is 32.1. The van der Waals surface area contributed by atoms with Crippen molar-refractivity contribution >= 4 is 56.5 Å². The minimum Gasteiger partial charge on any atom is -0.347 e. The molecule has 0 aromatic carbocycles. The number of thiophene rings is 1. The molecule has 3 aliphatic rings. The Kier molecular flexibility index (Phi) is 6.57. The number of urea groups is 1. The third kappa shape index (κ3) is 4.42. The number of amides is 4. The first-order chi connectivity index (χ1) is 18.5.